The number of nitrogens with two attached hydrogens (primary N) is 2. The molecule has 1 aromatic heterocycles. The number of hydrogen-bond donors (Lipinski definition) is 2. The standard InChI is InChI=1S/C10H11ClN4O3/c11-6-1-2-14-7(3-6)10(18)15(4-8(12)16)5-9(13)17/h1-3H,4-5H2,(H2,12,16)(H2,13,17). The van der Waals surface area contributed by atoms with E-state index in [0.717, 1.165) is 4.90 Å². The number of aromatic nitrogens is 1. The topological polar surface area (TPSA) is 119 Å². The molecule has 0 unspecified atom stereocenters. The summed E-state index contributed by atoms with van der Waals surface area (Å²) < 4.78 is 0. The lowest BCUT2D eigenvalue weighted by Gasteiger charge is -2.18. The third-order valence-electron chi connectivity index (χ3n) is 1.92. The summed E-state index contributed by atoms with van der Waals surface area (Å²) in [5.74, 6) is -2.16. The van der Waals surface area contributed by atoms with Gasteiger partial charge in [-0.2, -0.15) is 0 Å². The summed E-state index contributed by atoms with van der Waals surface area (Å²) in [5, 5.41) is 0.312. The van der Waals surface area contributed by atoms with E-state index in [1.807, 2.05) is 0 Å². The second-order valence-electron chi connectivity index (χ2n) is 3.45. The van der Waals surface area contributed by atoms with Crippen LogP contribution in [0.2, 0.25) is 5.02 Å². The Bertz CT molecular complexity index is 476. The van der Waals surface area contributed by atoms with E-state index in [0.29, 0.717) is 5.02 Å². The molecule has 96 valence electrons. The van der Waals surface area contributed by atoms with E-state index in [4.69, 9.17) is 23.1 Å². The van der Waals surface area contributed by atoms with Gasteiger partial charge in [0, 0.05) is 11.2 Å². The van der Waals surface area contributed by atoms with Crippen LogP contribution in [-0.4, -0.2) is 40.7 Å². The molecule has 0 aliphatic heterocycles. The predicted octanol–water partition coefficient (Wildman–Crippen LogP) is -0.852. The zero-order valence-corrected chi connectivity index (χ0v) is 10.1. The molecule has 8 heteroatoms. The molecule has 0 aliphatic carbocycles. The second kappa shape index (κ2) is 5.97. The fraction of sp³-hybridized carbons (Fsp3) is 0.200. The van der Waals surface area contributed by atoms with E-state index in [1.54, 1.807) is 0 Å². The van der Waals surface area contributed by atoms with Gasteiger partial charge in [-0.15, -0.1) is 0 Å². The molecule has 0 aliphatic rings. The van der Waals surface area contributed by atoms with Gasteiger partial charge in [-0.3, -0.25) is 19.4 Å². The van der Waals surface area contributed by atoms with E-state index in [-0.39, 0.29) is 5.69 Å². The van der Waals surface area contributed by atoms with Crippen LogP contribution in [-0.2, 0) is 9.59 Å². The Morgan fingerprint density at radius 3 is 2.22 bits per heavy atom. The number of primary amides is 2. The Labute approximate surface area is 108 Å². The number of amides is 3. The Balaban J connectivity index is 2.94. The first-order chi connectivity index (χ1) is 8.40. The summed E-state index contributed by atoms with van der Waals surface area (Å²) >= 11 is 5.71. The molecule has 0 saturated carbocycles. The molecule has 3 amide bonds. The largest absolute Gasteiger partial charge is 0.368 e. The van der Waals surface area contributed by atoms with Crippen LogP contribution < -0.4 is 11.5 Å². The third kappa shape index (κ3) is 4.02. The number of carbonyl (C=O) groups is 3. The van der Waals surface area contributed by atoms with Crippen molar-refractivity contribution in [2.24, 2.45) is 11.5 Å². The van der Waals surface area contributed by atoms with Crippen molar-refractivity contribution >= 4 is 29.3 Å². The minimum absolute atomic E-state index is 0.00463. The fourth-order valence-corrected chi connectivity index (χ4v) is 1.42. The van der Waals surface area contributed by atoms with Gasteiger partial charge < -0.3 is 16.4 Å². The van der Waals surface area contributed by atoms with Gasteiger partial charge in [0.1, 0.15) is 18.8 Å². The molecule has 0 atom stereocenters. The van der Waals surface area contributed by atoms with Gasteiger partial charge in [0.25, 0.3) is 5.91 Å². The van der Waals surface area contributed by atoms with Crippen molar-refractivity contribution in [1.82, 2.24) is 9.88 Å². The van der Waals surface area contributed by atoms with Crippen molar-refractivity contribution in [2.45, 2.75) is 0 Å². The van der Waals surface area contributed by atoms with Crippen molar-refractivity contribution in [3.63, 3.8) is 0 Å². The average molecular weight is 271 g/mol. The highest BCUT2D eigenvalue weighted by Crippen LogP contribution is 2.10. The maximum absolute atomic E-state index is 12.0. The number of nitrogens with zero attached hydrogens (tertiary/aromatic N) is 2. The molecule has 0 spiro atoms. The molecule has 4 N–H and O–H groups in total. The Morgan fingerprint density at radius 2 is 1.78 bits per heavy atom. The highest BCUT2D eigenvalue weighted by atomic mass is 35.5. The van der Waals surface area contributed by atoms with E-state index >= 15 is 0 Å². The molecule has 0 radical (unpaired) electrons. The van der Waals surface area contributed by atoms with Crippen LogP contribution in [0.15, 0.2) is 18.3 Å². The third-order valence-corrected chi connectivity index (χ3v) is 2.16. The van der Waals surface area contributed by atoms with Gasteiger partial charge in [-0.05, 0) is 12.1 Å². The van der Waals surface area contributed by atoms with Crippen LogP contribution in [0, 0.1) is 0 Å². The van der Waals surface area contributed by atoms with Gasteiger partial charge in [0.2, 0.25) is 11.8 Å². The van der Waals surface area contributed by atoms with Crippen molar-refractivity contribution < 1.29 is 14.4 Å². The summed E-state index contributed by atoms with van der Waals surface area (Å²) in [5.41, 5.74) is 9.97. The molecule has 0 fully saturated rings. The van der Waals surface area contributed by atoms with Gasteiger partial charge in [-0.1, -0.05) is 11.6 Å². The average Bonchev–Trinajstić information content (AvgIpc) is 2.26. The molecule has 18 heavy (non-hydrogen) atoms. The summed E-state index contributed by atoms with van der Waals surface area (Å²) in [6.45, 7) is -0.841. The molecule has 7 nitrogen and oxygen atoms in total. The zero-order valence-electron chi connectivity index (χ0n) is 9.30. The number of hydrogen-bond acceptors (Lipinski definition) is 4. The van der Waals surface area contributed by atoms with Crippen LogP contribution in [0.3, 0.4) is 0 Å². The Hall–Kier alpha value is -2.15. The van der Waals surface area contributed by atoms with Crippen LogP contribution >= 0.6 is 11.6 Å². The number of halogens is 1. The molecule has 0 bridgehead atoms. The predicted molar refractivity (Wildman–Crippen MR) is 63.5 cm³/mol. The maximum Gasteiger partial charge on any atom is 0.273 e. The van der Waals surface area contributed by atoms with Crippen LogP contribution in [0.1, 0.15) is 10.5 Å². The zero-order chi connectivity index (χ0) is 13.7. The SMILES string of the molecule is NC(=O)CN(CC(N)=O)C(=O)c1cc(Cl)ccn1. The van der Waals surface area contributed by atoms with E-state index < -0.39 is 30.8 Å². The number of pyridine rings is 1. The van der Waals surface area contributed by atoms with Crippen LogP contribution in [0.25, 0.3) is 0 Å². The first kappa shape index (κ1) is 13.9. The molecular weight excluding hydrogens is 260 g/mol. The number of rotatable bonds is 5. The normalized spacial score (nSPS) is 9.83. The van der Waals surface area contributed by atoms with Gasteiger partial charge in [0.15, 0.2) is 0 Å². The molecule has 1 rings (SSSR count). The van der Waals surface area contributed by atoms with E-state index in [2.05, 4.69) is 4.98 Å². The lowest BCUT2D eigenvalue weighted by molar-refractivity contribution is -0.121. The minimum Gasteiger partial charge on any atom is -0.368 e. The van der Waals surface area contributed by atoms with Crippen LogP contribution in [0.5, 0.6) is 0 Å². The minimum atomic E-state index is -0.758. The Morgan fingerprint density at radius 1 is 1.22 bits per heavy atom. The van der Waals surface area contributed by atoms with Gasteiger partial charge in [0.05, 0.1) is 0 Å². The van der Waals surface area contributed by atoms with Crippen molar-refractivity contribution in [3.05, 3.63) is 29.0 Å². The van der Waals surface area contributed by atoms with Gasteiger partial charge >= 0.3 is 0 Å². The van der Waals surface area contributed by atoms with Crippen molar-refractivity contribution in [2.75, 3.05) is 13.1 Å². The monoisotopic (exact) mass is 270 g/mol. The highest BCUT2D eigenvalue weighted by Gasteiger charge is 2.20. The summed E-state index contributed by atoms with van der Waals surface area (Å²) in [7, 11) is 0. The first-order valence-electron chi connectivity index (χ1n) is 4.87. The van der Waals surface area contributed by atoms with Gasteiger partial charge in [-0.25, -0.2) is 0 Å². The first-order valence-corrected chi connectivity index (χ1v) is 5.25. The molecule has 1 aromatic rings. The summed E-state index contributed by atoms with van der Waals surface area (Å²) in [6, 6.07) is 2.81. The van der Waals surface area contributed by atoms with E-state index in [1.165, 1.54) is 18.3 Å². The van der Waals surface area contributed by atoms with Crippen LogP contribution in [0.4, 0.5) is 0 Å². The summed E-state index contributed by atoms with van der Waals surface area (Å²) in [6.07, 6.45) is 1.34. The smallest absolute Gasteiger partial charge is 0.273 e. The van der Waals surface area contributed by atoms with Crippen molar-refractivity contribution in [3.8, 4) is 0 Å². The second-order valence-corrected chi connectivity index (χ2v) is 3.89. The quantitative estimate of drug-likeness (QED) is 0.724. The lowest BCUT2D eigenvalue weighted by Crippen LogP contribution is -2.43. The maximum atomic E-state index is 12.0. The molecule has 1 heterocycles. The molecular formula is C10H11ClN4O3. The highest BCUT2D eigenvalue weighted by molar-refractivity contribution is 6.30. The molecule has 0 saturated heterocycles. The molecule has 0 aromatic carbocycles. The van der Waals surface area contributed by atoms with Crippen molar-refractivity contribution in [1.29, 1.82) is 0 Å². The number of carbonyl (C=O) groups excluding carboxylic acids is 3. The Kier molecular flexibility index (Phi) is 4.61. The van der Waals surface area contributed by atoms with E-state index in [9.17, 15) is 14.4 Å². The fourth-order valence-electron chi connectivity index (χ4n) is 1.26. The summed E-state index contributed by atoms with van der Waals surface area (Å²) in [4.78, 5) is 38.3. The lowest BCUT2D eigenvalue weighted by atomic mass is 10.3.